The topological polar surface area (TPSA) is 91.7 Å². The number of benzene rings is 4. The van der Waals surface area contributed by atoms with Crippen molar-refractivity contribution in [1.29, 1.82) is 0 Å². The Morgan fingerprint density at radius 1 is 0.535 bits per heavy atom. The Bertz CT molecular complexity index is 2740. The number of carbonyl (C=O) groups excluding carboxylic acids is 1. The van der Waals surface area contributed by atoms with Gasteiger partial charge in [0.1, 0.15) is 0 Å². The van der Waals surface area contributed by atoms with E-state index in [2.05, 4.69) is 69.5 Å². The summed E-state index contributed by atoms with van der Waals surface area (Å²) in [6, 6.07) is 40.5. The summed E-state index contributed by atoms with van der Waals surface area (Å²) in [5.41, 5.74) is 10.2. The molecule has 2 N–H and O–H groups in total. The standard InChI is InChI=1S/C14H15ClS.C13H13ClOS.C13H11ClOS.C13H13ClS.C2H6O.C2H6.Mn.2O/c1-3-14-9-12(10(2)16-14)7-11-5-4-6-13(15)8-11;2*1-9-11(7-13(8-15)16-9)5-10-3-2-4-12(14)6-10;1-2-13-8-11(9-15-13)6-10-4-3-5-12(14)7-10;1-2-3;1-2;;;/h4-6,8-9H,3,7H2,1-2H3;2-4,6-7,15H,5,8H2,1H3;2-4,6-8H,5H2,1H3;3-5,7-9H,2,6H2,1H3;3H,2H2,1H3;1-2H3;;;/i;;;;;1D;;;. The van der Waals surface area contributed by atoms with Crippen LogP contribution in [0.2, 0.25) is 20.1 Å². The molecule has 0 bridgehead atoms. The van der Waals surface area contributed by atoms with Crippen LogP contribution in [-0.4, -0.2) is 23.1 Å². The third-order valence-corrected chi connectivity index (χ3v) is 15.4. The van der Waals surface area contributed by atoms with Gasteiger partial charge in [-0.15, -0.1) is 45.3 Å². The molecule has 0 aliphatic heterocycles. The second kappa shape index (κ2) is 36.5. The van der Waals surface area contributed by atoms with Crippen molar-refractivity contribution >= 4 is 98.0 Å². The van der Waals surface area contributed by atoms with Crippen molar-refractivity contribution in [2.75, 3.05) is 6.61 Å². The minimum absolute atomic E-state index is 0.126. The SMILES string of the molecule is CCO.CCc1cc(Cc2cccc(Cl)c2)c(C)s1.CCc1cc(Cc2cccc(Cl)c2)cs1.Cc1sc(C=O)cc1Cc1cccc(Cl)c1.Cc1sc(CO)cc1Cc1cccc(Cl)c1.[2H]CC.[O]=[Mn]=[O]. The monoisotopic (exact) mass is 1150 g/mol. The molecule has 8 aromatic rings. The number of aldehydes is 1. The first-order valence-corrected chi connectivity index (χ1v) is 28.5. The zero-order chi connectivity index (χ0) is 53.4. The molecule has 14 heteroatoms. The van der Waals surface area contributed by atoms with Gasteiger partial charge < -0.3 is 10.2 Å². The van der Waals surface area contributed by atoms with Crippen LogP contribution in [0.25, 0.3) is 0 Å². The van der Waals surface area contributed by atoms with Gasteiger partial charge in [-0.3, -0.25) is 4.79 Å². The van der Waals surface area contributed by atoms with Gasteiger partial charge in [-0.25, -0.2) is 0 Å². The minimum atomic E-state index is -1.44. The van der Waals surface area contributed by atoms with E-state index in [1.807, 2.05) is 115 Å². The van der Waals surface area contributed by atoms with Crippen LogP contribution in [0.3, 0.4) is 0 Å². The van der Waals surface area contributed by atoms with E-state index in [9.17, 15) is 4.79 Å². The molecule has 71 heavy (non-hydrogen) atoms. The van der Waals surface area contributed by atoms with Crippen LogP contribution in [0.1, 0.15) is 119 Å². The Kier molecular flexibility index (Phi) is 31.8. The van der Waals surface area contributed by atoms with Gasteiger partial charge in [0.15, 0.2) is 6.29 Å². The molecule has 0 fully saturated rings. The predicted octanol–water partition coefficient (Wildman–Crippen LogP) is 18.1. The molecule has 0 aliphatic carbocycles. The molecule has 0 radical (unpaired) electrons. The van der Waals surface area contributed by atoms with Gasteiger partial charge in [-0.05, 0) is 189 Å². The molecule has 4 heterocycles. The summed E-state index contributed by atoms with van der Waals surface area (Å²) >= 11 is 29.3. The van der Waals surface area contributed by atoms with Crippen molar-refractivity contribution in [3.8, 4) is 0 Å². The summed E-state index contributed by atoms with van der Waals surface area (Å²) in [5.74, 6) is 0. The zero-order valence-electron chi connectivity index (χ0n) is 42.2. The Labute approximate surface area is 465 Å². The Morgan fingerprint density at radius 3 is 1.20 bits per heavy atom. The quantitative estimate of drug-likeness (QED) is 0.0939. The van der Waals surface area contributed by atoms with Crippen LogP contribution in [0.15, 0.2) is 127 Å². The van der Waals surface area contributed by atoms with E-state index in [4.69, 9.17) is 65.7 Å². The fraction of sp³-hybridized carbons (Fsp3) is 0.281. The average Bonchev–Trinajstić information content (AvgIpc) is 4.14. The van der Waals surface area contributed by atoms with Gasteiger partial charge in [-0.1, -0.05) is 123 Å². The number of carbonyl (C=O) groups is 1. The van der Waals surface area contributed by atoms with E-state index in [1.165, 1.54) is 80.2 Å². The molecule has 8 rings (SSSR count). The van der Waals surface area contributed by atoms with Crippen molar-refractivity contribution in [3.63, 3.8) is 0 Å². The summed E-state index contributed by atoms with van der Waals surface area (Å²) in [6.07, 6.45) is 6.83. The van der Waals surface area contributed by atoms with E-state index in [-0.39, 0.29) is 13.2 Å². The first-order chi connectivity index (χ1) is 34.6. The Morgan fingerprint density at radius 2 is 0.887 bits per heavy atom. The number of rotatable bonds is 12. The summed E-state index contributed by atoms with van der Waals surface area (Å²) in [5, 5.41) is 22.0. The van der Waals surface area contributed by atoms with Gasteiger partial charge >= 0.3 is 22.5 Å². The Hall–Kier alpha value is -3.45. The van der Waals surface area contributed by atoms with E-state index >= 15 is 0 Å². The van der Waals surface area contributed by atoms with Crippen molar-refractivity contribution < 1.29 is 38.9 Å². The van der Waals surface area contributed by atoms with Crippen LogP contribution in [-0.2, 0) is 67.6 Å². The fourth-order valence-corrected chi connectivity index (χ4v) is 11.2. The molecule has 0 atom stereocenters. The summed E-state index contributed by atoms with van der Waals surface area (Å²) in [7, 11) is 0. The van der Waals surface area contributed by atoms with Gasteiger partial charge in [0.25, 0.3) is 0 Å². The van der Waals surface area contributed by atoms with Crippen molar-refractivity contribution in [3.05, 3.63) is 225 Å². The molecule has 381 valence electrons. The molecule has 0 unspecified atom stereocenters. The van der Waals surface area contributed by atoms with Gasteiger partial charge in [-0.2, -0.15) is 0 Å². The molecule has 4 aromatic carbocycles. The van der Waals surface area contributed by atoms with Crippen LogP contribution in [0.5, 0.6) is 0 Å². The molecule has 0 spiro atoms. The number of aliphatic hydroxyl groups excluding tert-OH is 2. The summed E-state index contributed by atoms with van der Waals surface area (Å²) in [4.78, 5) is 19.3. The molecular formula is C57H64Cl4MnO5S4. The van der Waals surface area contributed by atoms with Crippen molar-refractivity contribution in [2.24, 2.45) is 0 Å². The number of thiophene rings is 4. The first kappa shape index (κ1) is 61.8. The van der Waals surface area contributed by atoms with E-state index in [0.717, 1.165) is 74.7 Å². The summed E-state index contributed by atoms with van der Waals surface area (Å²) < 4.78 is 23.0. The van der Waals surface area contributed by atoms with Crippen LogP contribution < -0.4 is 0 Å². The van der Waals surface area contributed by atoms with Gasteiger partial charge in [0.2, 0.25) is 0 Å². The van der Waals surface area contributed by atoms with Crippen LogP contribution in [0, 0.1) is 20.8 Å². The maximum absolute atomic E-state index is 10.7. The molecule has 0 amide bonds. The number of halogens is 4. The van der Waals surface area contributed by atoms with E-state index in [0.29, 0.717) is 6.90 Å². The van der Waals surface area contributed by atoms with Crippen LogP contribution in [0.4, 0.5) is 0 Å². The zero-order valence-corrected chi connectivity index (χ0v) is 48.7. The molecular weight excluding hydrogens is 1090 g/mol. The third-order valence-electron chi connectivity index (χ3n) is 10.0. The molecule has 0 saturated carbocycles. The number of hydrogen-bond donors (Lipinski definition) is 2. The second-order valence-electron chi connectivity index (χ2n) is 15.3. The van der Waals surface area contributed by atoms with Gasteiger partial charge in [0.05, 0.1) is 11.5 Å². The first-order valence-electron chi connectivity index (χ1n) is 23.4. The summed E-state index contributed by atoms with van der Waals surface area (Å²) in [6.45, 7) is 15.1. The molecule has 0 saturated heterocycles. The predicted molar refractivity (Wildman–Crippen MR) is 304 cm³/mol. The fourth-order valence-electron chi connectivity index (χ4n) is 6.74. The Balaban J connectivity index is 0.000000311. The van der Waals surface area contributed by atoms with E-state index < -0.39 is 14.8 Å². The molecule has 0 aliphatic rings. The third kappa shape index (κ3) is 24.9. The van der Waals surface area contributed by atoms with Crippen molar-refractivity contribution in [2.45, 2.75) is 100 Å². The number of aryl methyl sites for hydroxylation is 5. The van der Waals surface area contributed by atoms with Gasteiger partial charge in [0, 0.05) is 57.3 Å². The molecule has 5 nitrogen and oxygen atoms in total. The second-order valence-corrected chi connectivity index (χ2v) is 22.2. The maximum atomic E-state index is 10.7. The normalized spacial score (nSPS) is 10.1. The van der Waals surface area contributed by atoms with E-state index in [1.54, 1.807) is 25.2 Å². The van der Waals surface area contributed by atoms with Crippen molar-refractivity contribution in [1.82, 2.24) is 0 Å². The number of hydrogen-bond acceptors (Lipinski definition) is 9. The average molecular weight is 1160 g/mol. The number of aliphatic hydroxyl groups is 2. The molecule has 4 aromatic heterocycles. The van der Waals surface area contributed by atoms with Crippen LogP contribution >= 0.6 is 91.8 Å².